The zero-order valence-corrected chi connectivity index (χ0v) is 6.95. The fourth-order valence-electron chi connectivity index (χ4n) is 0.518. The first-order valence-corrected chi connectivity index (χ1v) is 3.52. The number of nitrogens with zero attached hydrogens (tertiary/aromatic N) is 1. The van der Waals surface area contributed by atoms with E-state index < -0.39 is 0 Å². The van der Waals surface area contributed by atoms with Gasteiger partial charge in [-0.1, -0.05) is 5.47 Å². The molecule has 0 aromatic heterocycles. The summed E-state index contributed by atoms with van der Waals surface area (Å²) < 4.78 is 5.12. The number of ether oxygens (including phenoxy) is 1. The molecule has 0 aliphatic carbocycles. The summed E-state index contributed by atoms with van der Waals surface area (Å²) in [6.45, 7) is 4.39. The molecule has 0 spiro atoms. The van der Waals surface area contributed by atoms with Gasteiger partial charge in [-0.05, 0) is 20.0 Å². The highest BCUT2D eigenvalue weighted by Gasteiger charge is 1.92. The number of aliphatic imine (C=N–C) groups is 1. The molecule has 0 heterocycles. The monoisotopic (exact) mass is 152 g/mol. The smallest absolute Gasteiger partial charge is 0.145 e. The quantitative estimate of drug-likeness (QED) is 0.468. The number of hydrogen-bond donors (Lipinski definition) is 1. The fraction of sp³-hybridized carbons (Fsp3) is 0.571. The Bertz CT molecular complexity index is 157. The van der Waals surface area contributed by atoms with Gasteiger partial charge in [-0.3, -0.25) is 4.99 Å². The van der Waals surface area contributed by atoms with Gasteiger partial charge in [-0.15, -0.1) is 0 Å². The van der Waals surface area contributed by atoms with Crippen LogP contribution in [0.4, 0.5) is 0 Å². The van der Waals surface area contributed by atoms with Crippen molar-refractivity contribution in [3.05, 3.63) is 11.7 Å². The van der Waals surface area contributed by atoms with Gasteiger partial charge in [0, 0.05) is 12.8 Å². The molecule has 0 fully saturated rings. The first-order chi connectivity index (χ1) is 5.20. The summed E-state index contributed by atoms with van der Waals surface area (Å²) in [6.07, 6.45) is 2.63. The van der Waals surface area contributed by atoms with Gasteiger partial charge in [-0.25, -0.2) is 0 Å². The standard InChI is InChI=1S/C7H13BN2O/c1-3-11-6(2)10-5-7(8)4-9/h4-6H,3,9H2,1-2H3/b7-4+,10-5+. The third-order valence-corrected chi connectivity index (χ3v) is 1.03. The van der Waals surface area contributed by atoms with E-state index in [1.807, 2.05) is 13.8 Å². The lowest BCUT2D eigenvalue weighted by Gasteiger charge is -2.04. The van der Waals surface area contributed by atoms with Crippen LogP contribution in [0.2, 0.25) is 0 Å². The zero-order chi connectivity index (χ0) is 8.69. The van der Waals surface area contributed by atoms with E-state index in [0.717, 1.165) is 0 Å². The van der Waals surface area contributed by atoms with Crippen molar-refractivity contribution in [2.24, 2.45) is 10.7 Å². The van der Waals surface area contributed by atoms with E-state index in [0.29, 0.717) is 12.1 Å². The Morgan fingerprint density at radius 1 is 1.82 bits per heavy atom. The minimum atomic E-state index is -0.154. The van der Waals surface area contributed by atoms with E-state index in [1.165, 1.54) is 12.4 Å². The topological polar surface area (TPSA) is 47.6 Å². The maximum atomic E-state index is 5.35. The molecule has 0 bridgehead atoms. The number of allylic oxidation sites excluding steroid dienone is 1. The van der Waals surface area contributed by atoms with Crippen LogP contribution in [0, 0.1) is 0 Å². The second-order valence-corrected chi connectivity index (χ2v) is 2.00. The molecule has 0 aliphatic rings. The molecule has 0 saturated carbocycles. The van der Waals surface area contributed by atoms with Crippen LogP contribution in [-0.2, 0) is 4.74 Å². The van der Waals surface area contributed by atoms with Gasteiger partial charge in [0.1, 0.15) is 14.1 Å². The van der Waals surface area contributed by atoms with Crippen LogP contribution in [0.3, 0.4) is 0 Å². The van der Waals surface area contributed by atoms with Crippen molar-refractivity contribution in [2.45, 2.75) is 20.1 Å². The first-order valence-electron chi connectivity index (χ1n) is 3.52. The van der Waals surface area contributed by atoms with Gasteiger partial charge in [0.25, 0.3) is 0 Å². The molecule has 11 heavy (non-hydrogen) atoms. The molecular formula is C7H13BN2O. The summed E-state index contributed by atoms with van der Waals surface area (Å²) in [4.78, 5) is 3.96. The molecule has 0 amide bonds. The van der Waals surface area contributed by atoms with Crippen LogP contribution >= 0.6 is 0 Å². The number of hydrogen-bond acceptors (Lipinski definition) is 3. The van der Waals surface area contributed by atoms with Crippen molar-refractivity contribution in [1.29, 1.82) is 0 Å². The average molecular weight is 152 g/mol. The lowest BCUT2D eigenvalue weighted by molar-refractivity contribution is 0.0836. The summed E-state index contributed by atoms with van der Waals surface area (Å²) in [5, 5.41) is 0. The Morgan fingerprint density at radius 3 is 2.91 bits per heavy atom. The molecule has 2 N–H and O–H groups in total. The predicted molar refractivity (Wildman–Crippen MR) is 47.6 cm³/mol. The Morgan fingerprint density at radius 2 is 2.45 bits per heavy atom. The predicted octanol–water partition coefficient (Wildman–Crippen LogP) is 0.408. The lowest BCUT2D eigenvalue weighted by Crippen LogP contribution is -2.05. The van der Waals surface area contributed by atoms with Crippen LogP contribution in [0.25, 0.3) is 0 Å². The molecular weight excluding hydrogens is 139 g/mol. The van der Waals surface area contributed by atoms with Crippen LogP contribution < -0.4 is 5.73 Å². The van der Waals surface area contributed by atoms with Gasteiger partial charge >= 0.3 is 0 Å². The van der Waals surface area contributed by atoms with E-state index in [2.05, 4.69) is 4.99 Å². The van der Waals surface area contributed by atoms with Gasteiger partial charge in [-0.2, -0.15) is 0 Å². The molecule has 60 valence electrons. The van der Waals surface area contributed by atoms with Crippen LogP contribution in [0.15, 0.2) is 16.7 Å². The van der Waals surface area contributed by atoms with Crippen molar-refractivity contribution in [3.63, 3.8) is 0 Å². The van der Waals surface area contributed by atoms with Crippen molar-refractivity contribution >= 4 is 14.1 Å². The maximum absolute atomic E-state index is 5.35. The van der Waals surface area contributed by atoms with Crippen LogP contribution in [0.5, 0.6) is 0 Å². The van der Waals surface area contributed by atoms with Crippen LogP contribution in [0.1, 0.15) is 13.8 Å². The molecule has 1 atom stereocenters. The average Bonchev–Trinajstić information content (AvgIpc) is 2.01. The minimum Gasteiger partial charge on any atom is -0.405 e. The van der Waals surface area contributed by atoms with E-state index in [1.54, 1.807) is 0 Å². The highest BCUT2D eigenvalue weighted by Crippen LogP contribution is 1.91. The van der Waals surface area contributed by atoms with Crippen LogP contribution in [-0.4, -0.2) is 26.9 Å². The van der Waals surface area contributed by atoms with Crippen molar-refractivity contribution in [2.75, 3.05) is 6.61 Å². The normalized spacial score (nSPS) is 15.6. The fourth-order valence-corrected chi connectivity index (χ4v) is 0.518. The molecule has 0 aromatic carbocycles. The van der Waals surface area contributed by atoms with Crippen molar-refractivity contribution in [3.8, 4) is 0 Å². The Hall–Kier alpha value is -0.765. The zero-order valence-electron chi connectivity index (χ0n) is 6.95. The SMILES string of the molecule is [B]C(=C/N)/C=N/C(C)OCC. The van der Waals surface area contributed by atoms with Gasteiger partial charge in [0.2, 0.25) is 0 Å². The summed E-state index contributed by atoms with van der Waals surface area (Å²) in [6, 6.07) is 0. The Balaban J connectivity index is 3.72. The minimum absolute atomic E-state index is 0.154. The molecule has 0 aliphatic heterocycles. The molecule has 3 nitrogen and oxygen atoms in total. The first kappa shape index (κ1) is 10.2. The third kappa shape index (κ3) is 5.67. The summed E-state index contributed by atoms with van der Waals surface area (Å²) >= 11 is 0. The number of nitrogens with two attached hydrogens (primary N) is 1. The van der Waals surface area contributed by atoms with E-state index >= 15 is 0 Å². The van der Waals surface area contributed by atoms with Gasteiger partial charge in [0.15, 0.2) is 0 Å². The summed E-state index contributed by atoms with van der Waals surface area (Å²) in [7, 11) is 5.35. The second-order valence-electron chi connectivity index (χ2n) is 2.00. The third-order valence-electron chi connectivity index (χ3n) is 1.03. The largest absolute Gasteiger partial charge is 0.405 e. The second kappa shape index (κ2) is 5.98. The maximum Gasteiger partial charge on any atom is 0.145 e. The summed E-state index contributed by atoms with van der Waals surface area (Å²) in [5.41, 5.74) is 5.55. The van der Waals surface area contributed by atoms with Gasteiger partial charge in [0.05, 0.1) is 0 Å². The highest BCUT2D eigenvalue weighted by molar-refractivity contribution is 6.32. The molecule has 2 radical (unpaired) electrons. The van der Waals surface area contributed by atoms with Crippen molar-refractivity contribution in [1.82, 2.24) is 0 Å². The molecule has 0 saturated heterocycles. The van der Waals surface area contributed by atoms with Gasteiger partial charge < -0.3 is 10.5 Å². The Labute approximate surface area is 68.7 Å². The molecule has 4 heteroatoms. The number of rotatable bonds is 4. The van der Waals surface area contributed by atoms with E-state index in [-0.39, 0.29) is 6.23 Å². The van der Waals surface area contributed by atoms with Crippen molar-refractivity contribution < 1.29 is 4.74 Å². The molecule has 0 aromatic rings. The lowest BCUT2D eigenvalue weighted by atomic mass is 9.99. The summed E-state index contributed by atoms with van der Waals surface area (Å²) in [5.74, 6) is 0. The van der Waals surface area contributed by atoms with E-state index in [9.17, 15) is 0 Å². The molecule has 0 rings (SSSR count). The van der Waals surface area contributed by atoms with E-state index in [4.69, 9.17) is 18.3 Å². The molecule has 1 unspecified atom stereocenters. The Kier molecular flexibility index (Phi) is 5.56. The highest BCUT2D eigenvalue weighted by atomic mass is 16.5.